The van der Waals surface area contributed by atoms with Crippen molar-refractivity contribution in [2.75, 3.05) is 18.8 Å². The molecular formula is C3H16B4F4O8S. The van der Waals surface area contributed by atoms with Crippen molar-refractivity contribution in [3.05, 3.63) is 0 Å². The molecule has 122 valence electrons. The predicted octanol–water partition coefficient (Wildman–Crippen LogP) is -2.67. The van der Waals surface area contributed by atoms with Crippen LogP contribution in [0.25, 0.3) is 0 Å². The average Bonchev–Trinajstić information content (AvgIpc) is 1.92. The monoisotopic (exact) mass is 332 g/mol. The zero-order chi connectivity index (χ0) is 17.5. The van der Waals surface area contributed by atoms with Gasteiger partial charge in [-0.25, -0.2) is 0 Å². The summed E-state index contributed by atoms with van der Waals surface area (Å²) in [5, 5.41) is 49.7. The molecule has 0 radical (unpaired) electrons. The molecular weight excluding hydrogens is 315 g/mol. The number of rotatable bonds is 2. The SMILES string of the molecule is CS(C)(C)OB(O)F.OB(O)F.OB(O)F.OB(O)F. The molecule has 0 heterocycles. The second-order valence-corrected chi connectivity index (χ2v) is 6.69. The van der Waals surface area contributed by atoms with Gasteiger partial charge in [0.15, 0.2) is 0 Å². The zero-order valence-electron chi connectivity index (χ0n) is 10.8. The fraction of sp³-hybridized carbons (Fsp3) is 1.00. The molecule has 0 amide bonds. The normalized spacial score (nSPS) is 9.50. The van der Waals surface area contributed by atoms with Crippen molar-refractivity contribution in [1.82, 2.24) is 0 Å². The smallest absolute Gasteiger partial charge is 0.398 e. The molecule has 8 nitrogen and oxygen atoms in total. The standard InChI is InChI=1S/C3H10BFO2S.3BFH2O2/c1-8(2,3)7-4(5)6;3*2-1(3)4/h6H,1-3H3;3*3-4H. The Morgan fingerprint density at radius 2 is 0.800 bits per heavy atom. The van der Waals surface area contributed by atoms with E-state index in [4.69, 9.17) is 35.2 Å². The molecule has 0 atom stereocenters. The molecule has 0 saturated heterocycles. The Kier molecular flexibility index (Phi) is 24.1. The lowest BCUT2D eigenvalue weighted by atomic mass is 10.3. The molecule has 0 aromatic carbocycles. The molecule has 0 spiro atoms. The summed E-state index contributed by atoms with van der Waals surface area (Å²) in [6.45, 7) is 0. The first kappa shape index (κ1) is 28.2. The molecule has 0 saturated carbocycles. The van der Waals surface area contributed by atoms with E-state index in [0.29, 0.717) is 0 Å². The highest BCUT2D eigenvalue weighted by Crippen LogP contribution is 2.36. The zero-order valence-corrected chi connectivity index (χ0v) is 11.6. The fourth-order valence-corrected chi connectivity index (χ4v) is 0.715. The average molecular weight is 331 g/mol. The van der Waals surface area contributed by atoms with Gasteiger partial charge in [-0.05, 0) is 18.8 Å². The largest absolute Gasteiger partial charge is 0.687 e. The van der Waals surface area contributed by atoms with E-state index in [1.165, 1.54) is 0 Å². The van der Waals surface area contributed by atoms with E-state index in [0.717, 1.165) is 0 Å². The molecule has 20 heavy (non-hydrogen) atoms. The maximum Gasteiger partial charge on any atom is 0.687 e. The van der Waals surface area contributed by atoms with Crippen LogP contribution in [0.1, 0.15) is 0 Å². The first-order valence-electron chi connectivity index (χ1n) is 4.31. The molecule has 0 aliphatic heterocycles. The highest BCUT2D eigenvalue weighted by molar-refractivity contribution is 8.28. The third kappa shape index (κ3) is 208. The molecule has 7 N–H and O–H groups in total. The summed E-state index contributed by atoms with van der Waals surface area (Å²) >= 11 is 0. The van der Waals surface area contributed by atoms with Crippen LogP contribution in [0.4, 0.5) is 17.3 Å². The van der Waals surface area contributed by atoms with Crippen molar-refractivity contribution in [2.45, 2.75) is 0 Å². The van der Waals surface area contributed by atoms with Gasteiger partial charge in [0.2, 0.25) is 0 Å². The van der Waals surface area contributed by atoms with Crippen LogP contribution in [0, 0.1) is 0 Å². The van der Waals surface area contributed by atoms with E-state index in [1.54, 1.807) is 18.8 Å². The highest BCUT2D eigenvalue weighted by atomic mass is 32.3. The van der Waals surface area contributed by atoms with E-state index in [2.05, 4.69) is 4.10 Å². The minimum Gasteiger partial charge on any atom is -0.398 e. The summed E-state index contributed by atoms with van der Waals surface area (Å²) in [5.74, 6) is 0. The number of hydrogen-bond acceptors (Lipinski definition) is 8. The Morgan fingerprint density at radius 1 is 0.650 bits per heavy atom. The van der Waals surface area contributed by atoms with Gasteiger partial charge >= 0.3 is 29.6 Å². The summed E-state index contributed by atoms with van der Waals surface area (Å²) in [6, 6.07) is 0. The van der Waals surface area contributed by atoms with E-state index in [1.807, 2.05) is 0 Å². The molecule has 0 bridgehead atoms. The third-order valence-corrected chi connectivity index (χ3v) is 1.10. The van der Waals surface area contributed by atoms with Gasteiger partial charge in [0.05, 0.1) is 0 Å². The van der Waals surface area contributed by atoms with Crippen LogP contribution >= 0.6 is 10.3 Å². The van der Waals surface area contributed by atoms with E-state index in [-0.39, 0.29) is 0 Å². The number of hydrogen-bond donors (Lipinski definition) is 7. The number of halogens is 4. The van der Waals surface area contributed by atoms with Gasteiger partial charge in [0.1, 0.15) is 0 Å². The Labute approximate surface area is 116 Å². The Morgan fingerprint density at radius 3 is 0.800 bits per heavy atom. The Balaban J connectivity index is -0.0000000917. The molecule has 17 heteroatoms. The lowest BCUT2D eigenvalue weighted by Gasteiger charge is -2.24. The van der Waals surface area contributed by atoms with Gasteiger partial charge in [-0.2, -0.15) is 10.3 Å². The van der Waals surface area contributed by atoms with Crippen LogP contribution in [0.5, 0.6) is 0 Å². The van der Waals surface area contributed by atoms with Gasteiger partial charge in [-0.1, -0.05) is 0 Å². The Bertz CT molecular complexity index is 163. The fourth-order valence-electron chi connectivity index (χ4n) is 0.238. The van der Waals surface area contributed by atoms with Gasteiger partial charge in [0, 0.05) is 0 Å². The second kappa shape index (κ2) is 17.1. The van der Waals surface area contributed by atoms with E-state index in [9.17, 15) is 17.3 Å². The van der Waals surface area contributed by atoms with Crippen molar-refractivity contribution in [3.8, 4) is 0 Å². The second-order valence-electron chi connectivity index (χ2n) is 3.05. The molecule has 0 unspecified atom stereocenters. The molecule has 0 rings (SSSR count). The molecule has 0 aliphatic carbocycles. The first-order chi connectivity index (χ1) is 8.61. The summed E-state index contributed by atoms with van der Waals surface area (Å²) in [4.78, 5) is 0. The van der Waals surface area contributed by atoms with Gasteiger partial charge in [-0.15, -0.1) is 0 Å². The lowest BCUT2D eigenvalue weighted by molar-refractivity contribution is 0.338. The molecule has 0 aromatic rings. The van der Waals surface area contributed by atoms with Crippen molar-refractivity contribution in [1.29, 1.82) is 0 Å². The minimum absolute atomic E-state index is 1.35. The first-order valence-corrected chi connectivity index (χ1v) is 7.09. The summed E-state index contributed by atoms with van der Waals surface area (Å²) in [6.07, 6.45) is 5.24. The predicted molar refractivity (Wildman–Crippen MR) is 69.4 cm³/mol. The van der Waals surface area contributed by atoms with Crippen LogP contribution in [0.3, 0.4) is 0 Å². The van der Waals surface area contributed by atoms with E-state index < -0.39 is 39.9 Å². The van der Waals surface area contributed by atoms with Crippen molar-refractivity contribution in [2.24, 2.45) is 0 Å². The topological polar surface area (TPSA) is 151 Å². The van der Waals surface area contributed by atoms with Crippen LogP contribution in [0.2, 0.25) is 0 Å². The van der Waals surface area contributed by atoms with Crippen molar-refractivity contribution < 1.29 is 56.5 Å². The summed E-state index contributed by atoms with van der Waals surface area (Å²) in [5.41, 5.74) is 0. The van der Waals surface area contributed by atoms with Crippen LogP contribution in [-0.4, -0.2) is 83.5 Å². The van der Waals surface area contributed by atoms with Crippen LogP contribution in [-0.2, 0) is 4.10 Å². The van der Waals surface area contributed by atoms with Gasteiger partial charge in [0.25, 0.3) is 0 Å². The van der Waals surface area contributed by atoms with Gasteiger partial charge in [-0.3, -0.25) is 17.3 Å². The quantitative estimate of drug-likeness (QED) is 0.214. The van der Waals surface area contributed by atoms with E-state index >= 15 is 0 Å². The molecule has 0 fully saturated rings. The maximum absolute atomic E-state index is 11.6. The molecule has 0 aliphatic rings. The van der Waals surface area contributed by atoms with Crippen LogP contribution < -0.4 is 0 Å². The minimum atomic E-state index is -2.67. The summed E-state index contributed by atoms with van der Waals surface area (Å²) < 4.78 is 46.3. The lowest BCUT2D eigenvalue weighted by Crippen LogP contribution is -2.13. The van der Waals surface area contributed by atoms with Gasteiger partial charge < -0.3 is 39.3 Å². The molecule has 0 aromatic heterocycles. The van der Waals surface area contributed by atoms with Crippen molar-refractivity contribution in [3.63, 3.8) is 0 Å². The summed E-state index contributed by atoms with van der Waals surface area (Å²) in [7, 11) is -11.5. The Hall–Kier alpha value is 0.00974. The third-order valence-electron chi connectivity index (χ3n) is 0.368. The van der Waals surface area contributed by atoms with Crippen molar-refractivity contribution >= 4 is 39.9 Å². The maximum atomic E-state index is 11.6. The van der Waals surface area contributed by atoms with Crippen LogP contribution in [0.15, 0.2) is 0 Å². The highest BCUT2D eigenvalue weighted by Gasteiger charge is 2.18.